The number of carbonyl (C=O) groups excluding carboxylic acids is 1. The number of rotatable bonds is 5. The molecule has 0 fully saturated rings. The van der Waals surface area contributed by atoms with Crippen LogP contribution in [0.5, 0.6) is 0 Å². The number of anilines is 1. The molecule has 0 atom stereocenters. The molecule has 10 heteroatoms. The summed E-state index contributed by atoms with van der Waals surface area (Å²) in [7, 11) is 0. The summed E-state index contributed by atoms with van der Waals surface area (Å²) in [5.74, 6) is -0.440. The van der Waals surface area contributed by atoms with Gasteiger partial charge in [0.1, 0.15) is 24.0 Å². The van der Waals surface area contributed by atoms with E-state index in [1.165, 1.54) is 6.20 Å². The zero-order valence-electron chi connectivity index (χ0n) is 13.8. The molecule has 1 N–H and O–H groups in total. The molecular weight excluding hydrogens is 373 g/mol. The lowest BCUT2D eigenvalue weighted by Gasteiger charge is -2.14. The van der Waals surface area contributed by atoms with Crippen LogP contribution in [0.1, 0.15) is 25.0 Å². The van der Waals surface area contributed by atoms with Gasteiger partial charge >= 0.3 is 12.1 Å². The molecule has 1 heterocycles. The van der Waals surface area contributed by atoms with Gasteiger partial charge < -0.3 is 10.1 Å². The number of esters is 1. The normalized spacial score (nSPS) is 11.3. The number of benzene rings is 1. The van der Waals surface area contributed by atoms with Crippen molar-refractivity contribution >= 4 is 23.4 Å². The van der Waals surface area contributed by atoms with E-state index in [0.717, 1.165) is 22.9 Å². The summed E-state index contributed by atoms with van der Waals surface area (Å²) in [5.41, 5.74) is -0.687. The second-order valence-corrected chi connectivity index (χ2v) is 5.89. The molecule has 0 aliphatic carbocycles. The van der Waals surface area contributed by atoms with Gasteiger partial charge in [-0.2, -0.15) is 23.5 Å². The summed E-state index contributed by atoms with van der Waals surface area (Å²) in [4.78, 5) is 11.7. The Morgan fingerprint density at radius 2 is 2.15 bits per heavy atom. The maximum absolute atomic E-state index is 12.8. The van der Waals surface area contributed by atoms with Gasteiger partial charge in [-0.25, -0.2) is 4.68 Å². The molecule has 26 heavy (non-hydrogen) atoms. The summed E-state index contributed by atoms with van der Waals surface area (Å²) in [6, 6.07) is 4.64. The number of ether oxygens (including phenoxy) is 1. The van der Waals surface area contributed by atoms with Crippen LogP contribution in [-0.4, -0.2) is 28.4 Å². The molecule has 0 unspecified atom stereocenters. The topological polar surface area (TPSA) is 79.9 Å². The van der Waals surface area contributed by atoms with Crippen molar-refractivity contribution in [1.29, 1.82) is 5.26 Å². The van der Waals surface area contributed by atoms with Crippen LogP contribution in [-0.2, 0) is 15.7 Å². The highest BCUT2D eigenvalue weighted by Gasteiger charge is 2.31. The molecule has 0 aliphatic rings. The number of nitriles is 1. The molecule has 1 aromatic heterocycles. The first-order valence-electron chi connectivity index (χ1n) is 7.42. The van der Waals surface area contributed by atoms with Crippen LogP contribution in [0.25, 0.3) is 5.69 Å². The van der Waals surface area contributed by atoms with Crippen molar-refractivity contribution in [3.05, 3.63) is 40.5 Å². The second kappa shape index (κ2) is 7.66. The number of nitrogens with zero attached hydrogens (tertiary/aromatic N) is 3. The van der Waals surface area contributed by atoms with Gasteiger partial charge in [0.15, 0.2) is 0 Å². The SMILES string of the molecule is CC(C)OC(=O)CNc1c(C#N)cnn1-c1ccc(C(F)(F)F)cc1Cl. The zero-order chi connectivity index (χ0) is 19.5. The van der Waals surface area contributed by atoms with Gasteiger partial charge in [0.25, 0.3) is 0 Å². The lowest BCUT2D eigenvalue weighted by atomic mass is 10.2. The average molecular weight is 387 g/mol. The molecule has 0 aliphatic heterocycles. The Balaban J connectivity index is 2.35. The molecule has 6 nitrogen and oxygen atoms in total. The Morgan fingerprint density at radius 3 is 2.69 bits per heavy atom. The van der Waals surface area contributed by atoms with Crippen molar-refractivity contribution in [3.63, 3.8) is 0 Å². The predicted octanol–water partition coefficient (Wildman–Crippen LogP) is 3.78. The standard InChI is InChI=1S/C16H14ClF3N4O2/c1-9(2)26-14(25)8-22-15-10(6-21)7-23-24(15)13-4-3-11(5-12(13)17)16(18,19)20/h3-5,7,9,22H,8H2,1-2H3. The zero-order valence-corrected chi connectivity index (χ0v) is 14.5. The van der Waals surface area contributed by atoms with Crippen molar-refractivity contribution in [3.8, 4) is 11.8 Å². The summed E-state index contributed by atoms with van der Waals surface area (Å²) < 4.78 is 44.4. The molecule has 0 spiro atoms. The number of hydrogen-bond donors (Lipinski definition) is 1. The highest BCUT2D eigenvalue weighted by atomic mass is 35.5. The fourth-order valence-corrected chi connectivity index (χ4v) is 2.36. The molecule has 2 aromatic rings. The highest BCUT2D eigenvalue weighted by Crippen LogP contribution is 2.34. The van der Waals surface area contributed by atoms with Crippen molar-refractivity contribution in [2.75, 3.05) is 11.9 Å². The molecule has 0 saturated carbocycles. The third-order valence-electron chi connectivity index (χ3n) is 3.16. The van der Waals surface area contributed by atoms with Crippen LogP contribution < -0.4 is 5.32 Å². The lowest BCUT2D eigenvalue weighted by molar-refractivity contribution is -0.145. The quantitative estimate of drug-likeness (QED) is 0.791. The van der Waals surface area contributed by atoms with E-state index in [2.05, 4.69) is 10.4 Å². The van der Waals surface area contributed by atoms with Crippen LogP contribution in [0.3, 0.4) is 0 Å². The van der Waals surface area contributed by atoms with Gasteiger partial charge in [0, 0.05) is 0 Å². The summed E-state index contributed by atoms with van der Waals surface area (Å²) >= 11 is 5.96. The molecule has 2 rings (SSSR count). The van der Waals surface area contributed by atoms with Crippen molar-refractivity contribution in [2.24, 2.45) is 0 Å². The van der Waals surface area contributed by atoms with Crippen LogP contribution in [0.2, 0.25) is 5.02 Å². The van der Waals surface area contributed by atoms with Gasteiger partial charge in [-0.15, -0.1) is 0 Å². The minimum atomic E-state index is -4.54. The molecule has 1 aromatic carbocycles. The fraction of sp³-hybridized carbons (Fsp3) is 0.312. The minimum absolute atomic E-state index is 0.0957. The van der Waals surface area contributed by atoms with Crippen LogP contribution >= 0.6 is 11.6 Å². The maximum atomic E-state index is 12.8. The number of aromatic nitrogens is 2. The van der Waals surface area contributed by atoms with Crippen molar-refractivity contribution in [2.45, 2.75) is 26.1 Å². The number of nitrogens with one attached hydrogen (secondary N) is 1. The van der Waals surface area contributed by atoms with Gasteiger partial charge in [-0.1, -0.05) is 11.6 Å². The van der Waals surface area contributed by atoms with Crippen LogP contribution in [0, 0.1) is 11.3 Å². The monoisotopic (exact) mass is 386 g/mol. The third-order valence-corrected chi connectivity index (χ3v) is 3.46. The van der Waals surface area contributed by atoms with Gasteiger partial charge in [-0.05, 0) is 32.0 Å². The number of alkyl halides is 3. The number of carbonyl (C=O) groups is 1. The van der Waals surface area contributed by atoms with Gasteiger partial charge in [0.05, 0.1) is 28.6 Å². The van der Waals surface area contributed by atoms with Crippen LogP contribution in [0.4, 0.5) is 19.0 Å². The molecule has 138 valence electrons. The number of hydrogen-bond acceptors (Lipinski definition) is 5. The molecule has 0 amide bonds. The minimum Gasteiger partial charge on any atom is -0.462 e. The molecule has 0 saturated heterocycles. The molecular formula is C16H14ClF3N4O2. The average Bonchev–Trinajstić information content (AvgIpc) is 2.94. The van der Waals surface area contributed by atoms with E-state index in [1.807, 2.05) is 6.07 Å². The number of halogens is 4. The first-order valence-corrected chi connectivity index (χ1v) is 7.80. The van der Waals surface area contributed by atoms with Crippen molar-refractivity contribution < 1.29 is 22.7 Å². The third kappa shape index (κ3) is 4.46. The van der Waals surface area contributed by atoms with E-state index in [-0.39, 0.29) is 34.7 Å². The summed E-state index contributed by atoms with van der Waals surface area (Å²) in [6.45, 7) is 3.12. The Labute approximate surface area is 152 Å². The van der Waals surface area contributed by atoms with Crippen LogP contribution in [0.15, 0.2) is 24.4 Å². The van der Waals surface area contributed by atoms with E-state index < -0.39 is 17.7 Å². The summed E-state index contributed by atoms with van der Waals surface area (Å²) in [6.07, 6.45) is -3.63. The largest absolute Gasteiger partial charge is 0.462 e. The summed E-state index contributed by atoms with van der Waals surface area (Å²) in [5, 5.41) is 15.6. The smallest absolute Gasteiger partial charge is 0.416 e. The van der Waals surface area contributed by atoms with Crippen molar-refractivity contribution in [1.82, 2.24) is 9.78 Å². The van der Waals surface area contributed by atoms with E-state index in [1.54, 1.807) is 13.8 Å². The Hall–Kier alpha value is -2.73. The first kappa shape index (κ1) is 19.6. The van der Waals surface area contributed by atoms with Gasteiger partial charge in [-0.3, -0.25) is 4.79 Å². The van der Waals surface area contributed by atoms with E-state index in [9.17, 15) is 18.0 Å². The Bertz CT molecular complexity index is 856. The molecule has 0 radical (unpaired) electrons. The molecule has 0 bridgehead atoms. The lowest BCUT2D eigenvalue weighted by Crippen LogP contribution is -2.21. The van der Waals surface area contributed by atoms with E-state index in [4.69, 9.17) is 21.6 Å². The van der Waals surface area contributed by atoms with E-state index >= 15 is 0 Å². The second-order valence-electron chi connectivity index (χ2n) is 5.49. The fourth-order valence-electron chi connectivity index (χ4n) is 2.10. The Morgan fingerprint density at radius 1 is 1.46 bits per heavy atom. The Kier molecular flexibility index (Phi) is 5.77. The predicted molar refractivity (Wildman–Crippen MR) is 88.0 cm³/mol. The first-order chi connectivity index (χ1) is 12.1. The van der Waals surface area contributed by atoms with E-state index in [0.29, 0.717) is 0 Å². The van der Waals surface area contributed by atoms with Gasteiger partial charge in [0.2, 0.25) is 0 Å². The maximum Gasteiger partial charge on any atom is 0.416 e. The highest BCUT2D eigenvalue weighted by molar-refractivity contribution is 6.32.